The summed E-state index contributed by atoms with van der Waals surface area (Å²) in [5, 5.41) is 16.0. The van der Waals surface area contributed by atoms with Gasteiger partial charge >= 0.3 is 39.1 Å². The molecule has 0 spiro atoms. The van der Waals surface area contributed by atoms with Crippen molar-refractivity contribution < 1.29 is 109 Å². The number of aromatic hydroxyl groups is 1. The fraction of sp³-hybridized carbons (Fsp3) is 0.321. The maximum atomic E-state index is 14.0. The predicted molar refractivity (Wildman–Crippen MR) is 332 cm³/mol. The molecule has 480 valence electrons. The van der Waals surface area contributed by atoms with Gasteiger partial charge in [0, 0.05) is 37.4 Å². The normalized spacial score (nSPS) is 14.1. The molecule has 6 rings (SSSR count). The zero-order chi connectivity index (χ0) is 65.7. The van der Waals surface area contributed by atoms with E-state index in [2.05, 4.69) is 64.8 Å². The number of rotatable bonds is 26. The molecule has 2 aliphatic heterocycles. The number of carbonyl (C=O) groups excluding carboxylic acids is 2. The van der Waals surface area contributed by atoms with E-state index in [-0.39, 0.29) is 64.1 Å². The van der Waals surface area contributed by atoms with E-state index >= 15 is 0 Å². The molecule has 0 saturated heterocycles. The van der Waals surface area contributed by atoms with Gasteiger partial charge in [-0.15, -0.1) is 0 Å². The standard InChI is InChI=1S/C28H37N2O13P3.C28H36N2O10P2/c1-18(2)8-5-9-19(3)10-6-11-20(4)14-15-30-23-16-21(41-44(32,33)34)17-25(43-46(38,39)40)27(23)29-26-22(28(30)31)12-7-13-24(26)42-45(35,36)37;1-18(2)8-5-9-19(3)10-6-11-20(4)14-15-30-23-16-21(39-41(33,34)35)17-25(40-42(36,37)38)27(23)29-26-22(28(30)32)12-7-13-24(26)31/h7-8,10,12-14,16-17,29H,5-6,9,11,15H2,1-4H3,(H2,32,33,34)(H2,35,36,37)(H2,38,39,40);7-8,10,12-14,16-17,29,31H,5-6,9,11,15H2,1-4H3,(H2,33,34,35)(H2,36,37,38)/b2*19-10+,20-14+. The SMILES string of the molecule is CC(C)=CCC/C(C)=C/CC/C(C)=C/CN1C(=O)c2cccc(O)c2Nc2c(OP(=O)(O)O)cc(OP(=O)(O)O)cc21.CC(C)=CCC/C(C)=C/CC/C(C)=C/CN1C(=O)c2cccc(OP(=O)(O)O)c2Nc2c(OP(=O)(O)O)cc(OP(=O)(O)O)cc21. The fourth-order valence-corrected chi connectivity index (χ4v) is 10.8. The number of phenols is 1. The minimum atomic E-state index is -5.32. The Bertz CT molecular complexity index is 3690. The Morgan fingerprint density at radius 3 is 1.12 bits per heavy atom. The lowest BCUT2D eigenvalue weighted by Gasteiger charge is -2.24. The number of allylic oxidation sites excluding steroid dienone is 10. The average Bonchev–Trinajstić information content (AvgIpc) is 1.61. The van der Waals surface area contributed by atoms with Crippen LogP contribution in [0.2, 0.25) is 0 Å². The van der Waals surface area contributed by atoms with Crippen molar-refractivity contribution in [3.8, 4) is 34.5 Å². The molecule has 0 aliphatic carbocycles. The monoisotopic (exact) mass is 1320 g/mol. The molecule has 2 aliphatic rings. The topological polar surface area (TPSA) is 419 Å². The van der Waals surface area contributed by atoms with Gasteiger partial charge in [0.05, 0.1) is 33.9 Å². The number of hydrogen-bond acceptors (Lipinski definition) is 15. The zero-order valence-electron chi connectivity index (χ0n) is 49.3. The van der Waals surface area contributed by atoms with Crippen LogP contribution in [0.25, 0.3) is 0 Å². The second-order valence-electron chi connectivity index (χ2n) is 20.9. The van der Waals surface area contributed by atoms with E-state index in [4.69, 9.17) is 13.6 Å². The number of phenolic OH excluding ortho intramolecular Hbond substituents is 1. The van der Waals surface area contributed by atoms with E-state index in [9.17, 15) is 86.5 Å². The summed E-state index contributed by atoms with van der Waals surface area (Å²) in [5.41, 5.74) is 5.79. The first-order valence-corrected chi connectivity index (χ1v) is 34.5. The van der Waals surface area contributed by atoms with Crippen LogP contribution >= 0.6 is 39.1 Å². The Morgan fingerprint density at radius 1 is 0.420 bits per heavy atom. The Labute approximate surface area is 508 Å². The summed E-state index contributed by atoms with van der Waals surface area (Å²) in [6.07, 6.45) is 18.8. The molecule has 4 aromatic carbocycles. The highest BCUT2D eigenvalue weighted by Gasteiger charge is 2.36. The van der Waals surface area contributed by atoms with Crippen LogP contribution in [0.15, 0.2) is 131 Å². The van der Waals surface area contributed by atoms with Crippen molar-refractivity contribution in [1.29, 1.82) is 0 Å². The molecule has 32 heteroatoms. The van der Waals surface area contributed by atoms with Crippen molar-refractivity contribution >= 4 is 85.1 Å². The molecule has 0 unspecified atom stereocenters. The van der Waals surface area contributed by atoms with Crippen LogP contribution in [0.1, 0.15) is 127 Å². The largest absolute Gasteiger partial charge is 0.524 e. The molecule has 27 nitrogen and oxygen atoms in total. The molecule has 0 saturated carbocycles. The zero-order valence-corrected chi connectivity index (χ0v) is 53.7. The van der Waals surface area contributed by atoms with Crippen LogP contribution in [0.5, 0.6) is 34.5 Å². The van der Waals surface area contributed by atoms with Crippen LogP contribution in [0.4, 0.5) is 34.1 Å². The fourth-order valence-electron chi connectivity index (χ4n) is 8.80. The summed E-state index contributed by atoms with van der Waals surface area (Å²) >= 11 is 0. The van der Waals surface area contributed by atoms with Crippen LogP contribution in [-0.2, 0) is 22.8 Å². The predicted octanol–water partition coefficient (Wildman–Crippen LogP) is 12.7. The number of nitrogens with one attached hydrogen (secondary N) is 2. The van der Waals surface area contributed by atoms with Gasteiger partial charge in [0.15, 0.2) is 17.2 Å². The van der Waals surface area contributed by atoms with E-state index in [1.54, 1.807) is 6.08 Å². The summed E-state index contributed by atoms with van der Waals surface area (Å²) in [6, 6.07) is 11.8. The number of carbonyl (C=O) groups is 2. The highest BCUT2D eigenvalue weighted by atomic mass is 31.2. The van der Waals surface area contributed by atoms with Gasteiger partial charge in [0.1, 0.15) is 28.6 Å². The van der Waals surface area contributed by atoms with E-state index in [1.807, 2.05) is 40.7 Å². The second kappa shape index (κ2) is 30.8. The van der Waals surface area contributed by atoms with Crippen molar-refractivity contribution in [3.05, 3.63) is 142 Å². The summed E-state index contributed by atoms with van der Waals surface area (Å²) < 4.78 is 82.4. The number of para-hydroxylation sites is 2. The molecule has 0 radical (unpaired) electrons. The summed E-state index contributed by atoms with van der Waals surface area (Å²) in [4.78, 5) is 125. The molecule has 13 N–H and O–H groups in total. The van der Waals surface area contributed by atoms with Crippen molar-refractivity contribution in [2.45, 2.75) is 107 Å². The number of nitrogens with zero attached hydrogens (tertiary/aromatic N) is 2. The number of anilines is 6. The highest BCUT2D eigenvalue weighted by Crippen LogP contribution is 2.55. The van der Waals surface area contributed by atoms with Gasteiger partial charge in [0.2, 0.25) is 0 Å². The Kier molecular flexibility index (Phi) is 25.2. The van der Waals surface area contributed by atoms with Crippen molar-refractivity contribution in [2.24, 2.45) is 0 Å². The van der Waals surface area contributed by atoms with Crippen molar-refractivity contribution in [3.63, 3.8) is 0 Å². The lowest BCUT2D eigenvalue weighted by Crippen LogP contribution is -2.30. The number of fused-ring (bicyclic) bond motifs is 4. The lowest BCUT2D eigenvalue weighted by molar-refractivity contribution is 0.0983. The summed E-state index contributed by atoms with van der Waals surface area (Å²) in [7, 11) is -26.0. The molecular weight excluding hydrogens is 1250 g/mol. The first-order chi connectivity index (χ1) is 40.8. The molecular formula is C56H73N4O23P5. The van der Waals surface area contributed by atoms with Crippen LogP contribution in [0.3, 0.4) is 0 Å². The van der Waals surface area contributed by atoms with Gasteiger partial charge in [-0.3, -0.25) is 58.5 Å². The van der Waals surface area contributed by atoms with Crippen molar-refractivity contribution in [2.75, 3.05) is 33.5 Å². The Morgan fingerprint density at radius 2 is 0.750 bits per heavy atom. The molecule has 0 atom stereocenters. The maximum absolute atomic E-state index is 14.0. The molecule has 88 heavy (non-hydrogen) atoms. The Balaban J connectivity index is 0.000000322. The average molecular weight is 1330 g/mol. The Hall–Kier alpha value is -6.59. The molecule has 2 heterocycles. The quantitative estimate of drug-likeness (QED) is 0.0158. The third-order valence-corrected chi connectivity index (χ3v) is 15.0. The third-order valence-electron chi connectivity index (χ3n) is 12.8. The number of phosphoric ester groups is 5. The third kappa shape index (κ3) is 23.4. The van der Waals surface area contributed by atoms with Crippen LogP contribution < -0.4 is 43.1 Å². The highest BCUT2D eigenvalue weighted by molar-refractivity contribution is 7.47. The number of hydrogen-bond donors (Lipinski definition) is 13. The lowest BCUT2D eigenvalue weighted by atomic mass is 10.1. The van der Waals surface area contributed by atoms with Crippen LogP contribution in [-0.4, -0.2) is 78.9 Å². The number of phosphoric acid groups is 5. The van der Waals surface area contributed by atoms with Gasteiger partial charge in [-0.2, -0.15) is 0 Å². The second-order valence-corrected chi connectivity index (χ2v) is 26.7. The summed E-state index contributed by atoms with van der Waals surface area (Å²) in [6.45, 7) is 15.9. The maximum Gasteiger partial charge on any atom is 0.524 e. The smallest absolute Gasteiger partial charge is 0.506 e. The minimum Gasteiger partial charge on any atom is -0.506 e. The molecule has 0 fully saturated rings. The van der Waals surface area contributed by atoms with E-state index in [0.717, 1.165) is 84.9 Å². The van der Waals surface area contributed by atoms with E-state index in [0.29, 0.717) is 12.8 Å². The van der Waals surface area contributed by atoms with Gasteiger partial charge < -0.3 is 48.2 Å². The van der Waals surface area contributed by atoms with E-state index in [1.165, 1.54) is 57.5 Å². The van der Waals surface area contributed by atoms with Gasteiger partial charge in [-0.25, -0.2) is 22.8 Å². The first kappa shape index (κ1) is 72.2. The molecule has 0 bridgehead atoms. The summed E-state index contributed by atoms with van der Waals surface area (Å²) in [5.74, 6) is -4.49. The van der Waals surface area contributed by atoms with Gasteiger partial charge in [0.25, 0.3) is 11.8 Å². The minimum absolute atomic E-state index is 0.0214. The first-order valence-electron chi connectivity index (χ1n) is 26.9. The van der Waals surface area contributed by atoms with Gasteiger partial charge in [-0.05, 0) is 131 Å². The molecule has 2 amide bonds. The number of amides is 2. The van der Waals surface area contributed by atoms with E-state index < -0.39 is 79.7 Å². The molecule has 4 aromatic rings. The van der Waals surface area contributed by atoms with Crippen molar-refractivity contribution in [1.82, 2.24) is 0 Å². The van der Waals surface area contributed by atoms with Gasteiger partial charge in [-0.1, -0.05) is 82.0 Å². The van der Waals surface area contributed by atoms with Crippen LogP contribution in [0, 0.1) is 0 Å². The molecule has 0 aromatic heterocycles. The number of benzene rings is 4.